The predicted molar refractivity (Wildman–Crippen MR) is 69.2 cm³/mol. The van der Waals surface area contributed by atoms with Crippen molar-refractivity contribution < 1.29 is 5.11 Å². The predicted octanol–water partition coefficient (Wildman–Crippen LogP) is 4.05. The molecular formula is C13H13ClOS. The van der Waals surface area contributed by atoms with E-state index in [-0.39, 0.29) is 0 Å². The lowest BCUT2D eigenvalue weighted by atomic mass is 10.0. The largest absolute Gasteiger partial charge is 0.383 e. The van der Waals surface area contributed by atoms with Crippen molar-refractivity contribution in [1.29, 1.82) is 0 Å². The number of aliphatic hydroxyl groups is 1. The maximum atomic E-state index is 10.3. The lowest BCUT2D eigenvalue weighted by Crippen LogP contribution is -1.99. The second kappa shape index (κ2) is 5.00. The molecule has 0 aliphatic rings. The van der Waals surface area contributed by atoms with Crippen LogP contribution in [0.25, 0.3) is 0 Å². The second-order valence-corrected chi connectivity index (χ2v) is 5.01. The Labute approximate surface area is 104 Å². The third-order valence-corrected chi connectivity index (χ3v) is 3.82. The average Bonchev–Trinajstić information content (AvgIpc) is 2.76. The maximum absolute atomic E-state index is 10.3. The summed E-state index contributed by atoms with van der Waals surface area (Å²) in [6.45, 7) is 2.09. The summed E-state index contributed by atoms with van der Waals surface area (Å²) >= 11 is 7.51. The van der Waals surface area contributed by atoms with Crippen LogP contribution in [0.2, 0.25) is 5.02 Å². The van der Waals surface area contributed by atoms with Crippen LogP contribution in [0, 0.1) is 0 Å². The number of hydrogen-bond donors (Lipinski definition) is 1. The molecule has 0 bridgehead atoms. The van der Waals surface area contributed by atoms with Gasteiger partial charge in [0.25, 0.3) is 0 Å². The van der Waals surface area contributed by atoms with Gasteiger partial charge in [0.2, 0.25) is 0 Å². The molecule has 0 amide bonds. The zero-order valence-electron chi connectivity index (χ0n) is 8.98. The van der Waals surface area contributed by atoms with Crippen molar-refractivity contribution in [3.8, 4) is 0 Å². The molecule has 1 atom stereocenters. The van der Waals surface area contributed by atoms with E-state index in [4.69, 9.17) is 11.6 Å². The van der Waals surface area contributed by atoms with E-state index in [1.54, 1.807) is 11.3 Å². The Bertz CT molecular complexity index is 478. The molecule has 0 fully saturated rings. The van der Waals surface area contributed by atoms with E-state index in [0.717, 1.165) is 16.9 Å². The van der Waals surface area contributed by atoms with Crippen LogP contribution in [0.4, 0.5) is 0 Å². The molecule has 1 N–H and O–H groups in total. The number of halogens is 1. The Kier molecular flexibility index (Phi) is 3.64. The summed E-state index contributed by atoms with van der Waals surface area (Å²) in [6.07, 6.45) is 0.379. The highest BCUT2D eigenvalue weighted by Crippen LogP contribution is 2.30. The minimum atomic E-state index is -0.561. The van der Waals surface area contributed by atoms with E-state index in [1.807, 2.05) is 29.6 Å². The lowest BCUT2D eigenvalue weighted by molar-refractivity contribution is 0.223. The Hall–Kier alpha value is -0.830. The molecule has 1 aromatic carbocycles. The van der Waals surface area contributed by atoms with E-state index in [0.29, 0.717) is 5.02 Å². The van der Waals surface area contributed by atoms with E-state index in [9.17, 15) is 5.11 Å². The van der Waals surface area contributed by atoms with Crippen molar-refractivity contribution in [3.63, 3.8) is 0 Å². The van der Waals surface area contributed by atoms with Gasteiger partial charge in [-0.05, 0) is 41.1 Å². The van der Waals surface area contributed by atoms with Gasteiger partial charge < -0.3 is 5.11 Å². The van der Waals surface area contributed by atoms with E-state index in [1.165, 1.54) is 5.56 Å². The minimum absolute atomic E-state index is 0.561. The quantitative estimate of drug-likeness (QED) is 0.874. The van der Waals surface area contributed by atoms with Crippen molar-refractivity contribution >= 4 is 22.9 Å². The smallest absolute Gasteiger partial charge is 0.114 e. The van der Waals surface area contributed by atoms with Gasteiger partial charge in [0.1, 0.15) is 6.10 Å². The summed E-state index contributed by atoms with van der Waals surface area (Å²) in [7, 11) is 0. The standard InChI is InChI=1S/C13H13ClOS/c1-2-9-6-7-16-13(9)12(15)10-4-3-5-11(14)8-10/h3-8,12,15H,2H2,1H3. The summed E-state index contributed by atoms with van der Waals surface area (Å²) in [5.41, 5.74) is 2.06. The highest BCUT2D eigenvalue weighted by molar-refractivity contribution is 7.10. The molecular weight excluding hydrogens is 240 g/mol. The Morgan fingerprint density at radius 1 is 1.38 bits per heavy atom. The van der Waals surface area contributed by atoms with Crippen LogP contribution in [0.1, 0.15) is 29.0 Å². The number of thiophene rings is 1. The van der Waals surface area contributed by atoms with Gasteiger partial charge in [-0.25, -0.2) is 0 Å². The van der Waals surface area contributed by atoms with Gasteiger partial charge in [-0.1, -0.05) is 30.7 Å². The molecule has 0 radical (unpaired) electrons. The van der Waals surface area contributed by atoms with Crippen molar-refractivity contribution in [1.82, 2.24) is 0 Å². The van der Waals surface area contributed by atoms with Gasteiger partial charge in [-0.2, -0.15) is 0 Å². The van der Waals surface area contributed by atoms with Crippen molar-refractivity contribution in [2.45, 2.75) is 19.4 Å². The Morgan fingerprint density at radius 3 is 2.88 bits per heavy atom. The number of aliphatic hydroxyl groups excluding tert-OH is 1. The first-order valence-electron chi connectivity index (χ1n) is 5.22. The zero-order chi connectivity index (χ0) is 11.5. The maximum Gasteiger partial charge on any atom is 0.114 e. The van der Waals surface area contributed by atoms with Gasteiger partial charge in [0.15, 0.2) is 0 Å². The van der Waals surface area contributed by atoms with Crippen LogP contribution in [-0.4, -0.2) is 5.11 Å². The molecule has 16 heavy (non-hydrogen) atoms. The first kappa shape index (κ1) is 11.6. The van der Waals surface area contributed by atoms with E-state index >= 15 is 0 Å². The molecule has 84 valence electrons. The number of hydrogen-bond acceptors (Lipinski definition) is 2. The molecule has 0 aliphatic heterocycles. The van der Waals surface area contributed by atoms with Gasteiger partial charge in [0.05, 0.1) is 0 Å². The van der Waals surface area contributed by atoms with Gasteiger partial charge in [-0.15, -0.1) is 11.3 Å². The van der Waals surface area contributed by atoms with Crippen LogP contribution in [0.15, 0.2) is 35.7 Å². The number of benzene rings is 1. The lowest BCUT2D eigenvalue weighted by Gasteiger charge is -2.11. The van der Waals surface area contributed by atoms with Gasteiger partial charge in [-0.3, -0.25) is 0 Å². The Balaban J connectivity index is 2.35. The summed E-state index contributed by atoms with van der Waals surface area (Å²) in [5.74, 6) is 0. The molecule has 0 aliphatic carbocycles. The van der Waals surface area contributed by atoms with E-state index in [2.05, 4.69) is 13.0 Å². The molecule has 2 rings (SSSR count). The van der Waals surface area contributed by atoms with Crippen LogP contribution in [0.5, 0.6) is 0 Å². The van der Waals surface area contributed by atoms with Gasteiger partial charge in [0, 0.05) is 9.90 Å². The fourth-order valence-electron chi connectivity index (χ4n) is 1.71. The van der Waals surface area contributed by atoms with Crippen LogP contribution in [0.3, 0.4) is 0 Å². The minimum Gasteiger partial charge on any atom is -0.383 e. The number of aryl methyl sites for hydroxylation is 1. The monoisotopic (exact) mass is 252 g/mol. The van der Waals surface area contributed by atoms with Gasteiger partial charge >= 0.3 is 0 Å². The third-order valence-electron chi connectivity index (χ3n) is 2.57. The molecule has 1 aromatic heterocycles. The third kappa shape index (κ3) is 2.29. The molecule has 1 unspecified atom stereocenters. The Morgan fingerprint density at radius 2 is 2.19 bits per heavy atom. The molecule has 1 nitrogen and oxygen atoms in total. The number of rotatable bonds is 3. The topological polar surface area (TPSA) is 20.2 Å². The van der Waals surface area contributed by atoms with Crippen molar-refractivity contribution in [3.05, 3.63) is 56.7 Å². The first-order valence-corrected chi connectivity index (χ1v) is 6.48. The molecule has 3 heteroatoms. The average molecular weight is 253 g/mol. The van der Waals surface area contributed by atoms with Crippen molar-refractivity contribution in [2.24, 2.45) is 0 Å². The fraction of sp³-hybridized carbons (Fsp3) is 0.231. The molecule has 2 aromatic rings. The highest BCUT2D eigenvalue weighted by atomic mass is 35.5. The normalized spacial score (nSPS) is 12.7. The van der Waals surface area contributed by atoms with Crippen LogP contribution in [-0.2, 0) is 6.42 Å². The summed E-state index contributed by atoms with van der Waals surface area (Å²) in [6, 6.07) is 9.45. The highest BCUT2D eigenvalue weighted by Gasteiger charge is 2.15. The fourth-order valence-corrected chi connectivity index (χ4v) is 2.91. The molecule has 1 heterocycles. The molecule has 0 spiro atoms. The van der Waals surface area contributed by atoms with E-state index < -0.39 is 6.10 Å². The molecule has 0 saturated heterocycles. The first-order chi connectivity index (χ1) is 7.72. The summed E-state index contributed by atoms with van der Waals surface area (Å²) in [5, 5.41) is 12.9. The van der Waals surface area contributed by atoms with Crippen LogP contribution >= 0.6 is 22.9 Å². The van der Waals surface area contributed by atoms with Crippen molar-refractivity contribution in [2.75, 3.05) is 0 Å². The zero-order valence-corrected chi connectivity index (χ0v) is 10.6. The SMILES string of the molecule is CCc1ccsc1C(O)c1cccc(Cl)c1. The summed E-state index contributed by atoms with van der Waals surface area (Å²) in [4.78, 5) is 1.02. The molecule has 0 saturated carbocycles. The second-order valence-electron chi connectivity index (χ2n) is 3.62. The summed E-state index contributed by atoms with van der Waals surface area (Å²) < 4.78 is 0. The van der Waals surface area contributed by atoms with Crippen LogP contribution < -0.4 is 0 Å².